The van der Waals surface area contributed by atoms with Crippen LogP contribution in [0.15, 0.2) is 53.6 Å². The Labute approximate surface area is 189 Å². The van der Waals surface area contributed by atoms with Crippen LogP contribution in [0.3, 0.4) is 0 Å². The number of aromatic nitrogens is 2. The van der Waals surface area contributed by atoms with Gasteiger partial charge in [-0.15, -0.1) is 11.3 Å². The molecular weight excluding hydrogens is 448 g/mol. The number of rotatable bonds is 5. The van der Waals surface area contributed by atoms with Crippen LogP contribution in [0.2, 0.25) is 0 Å². The maximum absolute atomic E-state index is 12.1. The third-order valence-corrected chi connectivity index (χ3v) is 6.66. The van der Waals surface area contributed by atoms with Crippen molar-refractivity contribution in [2.75, 3.05) is 5.32 Å². The van der Waals surface area contributed by atoms with Crippen molar-refractivity contribution in [1.82, 2.24) is 9.97 Å². The van der Waals surface area contributed by atoms with Crippen LogP contribution in [0.25, 0.3) is 21.0 Å². The summed E-state index contributed by atoms with van der Waals surface area (Å²) < 4.78 is 29.7. The normalized spacial score (nSPS) is 12.2. The first-order valence-corrected chi connectivity index (χ1v) is 12.1. The van der Waals surface area contributed by atoms with Gasteiger partial charge in [-0.05, 0) is 57.2 Å². The number of nitrogens with two attached hydrogens (primary N) is 1. The molecule has 2 heterocycles. The third kappa shape index (κ3) is 4.72. The van der Waals surface area contributed by atoms with Crippen LogP contribution in [0, 0.1) is 5.41 Å². The molecule has 0 fully saturated rings. The topological polar surface area (TPSA) is 124 Å². The quantitative estimate of drug-likeness (QED) is 0.416. The lowest BCUT2D eigenvalue weighted by Gasteiger charge is -2.15. The van der Waals surface area contributed by atoms with E-state index in [9.17, 15) is 13.2 Å². The zero-order valence-corrected chi connectivity index (χ0v) is 19.4. The fourth-order valence-corrected chi connectivity index (χ4v) is 4.56. The molecule has 8 nitrogen and oxygen atoms in total. The number of sulfonamides is 1. The van der Waals surface area contributed by atoms with Gasteiger partial charge in [0, 0.05) is 32.2 Å². The molecule has 0 unspecified atom stereocenters. The molecule has 0 radical (unpaired) electrons. The first-order chi connectivity index (χ1) is 15.0. The molecule has 4 aromatic rings. The average Bonchev–Trinajstić information content (AvgIpc) is 3.14. The molecule has 0 saturated carbocycles. The van der Waals surface area contributed by atoms with Crippen molar-refractivity contribution in [1.29, 1.82) is 0 Å². The van der Waals surface area contributed by atoms with E-state index >= 15 is 0 Å². The number of nitrogens with one attached hydrogen (secondary N) is 1. The minimum atomic E-state index is -3.81. The summed E-state index contributed by atoms with van der Waals surface area (Å²) in [5.41, 5.74) is 0.688. The van der Waals surface area contributed by atoms with Gasteiger partial charge in [-0.25, -0.2) is 23.5 Å². The molecule has 0 aliphatic heterocycles. The van der Waals surface area contributed by atoms with Crippen molar-refractivity contribution in [2.45, 2.75) is 32.3 Å². The second-order valence-electron chi connectivity index (χ2n) is 8.35. The lowest BCUT2D eigenvalue weighted by Crippen LogP contribution is -2.22. The highest BCUT2D eigenvalue weighted by Crippen LogP contribution is 2.32. The molecule has 4 rings (SSSR count). The molecule has 0 spiro atoms. The molecule has 3 N–H and O–H groups in total. The largest absolute Gasteiger partial charge is 0.460 e. The van der Waals surface area contributed by atoms with Crippen LogP contribution >= 0.6 is 11.3 Å². The van der Waals surface area contributed by atoms with Gasteiger partial charge in [0.05, 0.1) is 15.8 Å². The molecule has 0 saturated heterocycles. The first-order valence-electron chi connectivity index (χ1n) is 9.76. The number of hydrogen-bond acceptors (Lipinski definition) is 8. The number of carbonyl (C=O) groups is 1. The van der Waals surface area contributed by atoms with Gasteiger partial charge in [-0.1, -0.05) is 6.07 Å². The highest BCUT2D eigenvalue weighted by Gasteiger charge is 2.23. The minimum absolute atomic E-state index is 0.00189. The Morgan fingerprint density at radius 3 is 2.69 bits per heavy atom. The molecule has 0 aliphatic rings. The van der Waals surface area contributed by atoms with E-state index in [1.165, 1.54) is 12.1 Å². The highest BCUT2D eigenvalue weighted by atomic mass is 32.2. The van der Waals surface area contributed by atoms with Gasteiger partial charge >= 0.3 is 5.97 Å². The number of hydrogen-bond donors (Lipinski definition) is 2. The summed E-state index contributed by atoms with van der Waals surface area (Å²) in [6.07, 6.45) is 1.70. The second kappa shape index (κ2) is 8.12. The zero-order chi connectivity index (χ0) is 23.1. The van der Waals surface area contributed by atoms with Crippen LogP contribution in [0.5, 0.6) is 0 Å². The van der Waals surface area contributed by atoms with Gasteiger partial charge in [0.15, 0.2) is 0 Å². The van der Waals surface area contributed by atoms with Crippen molar-refractivity contribution in [2.24, 2.45) is 10.6 Å². The molecule has 2 aromatic heterocycles. The molecule has 166 valence electrons. The SMILES string of the molecule is CC(C)(C)C(=O)OCc1cc2c(ccc3cnc(Nc4cccc(S(N)(=O)=O)c4)nc32)s1. The number of fused-ring (bicyclic) bond motifs is 3. The molecule has 32 heavy (non-hydrogen) atoms. The number of primary sulfonamides is 1. The summed E-state index contributed by atoms with van der Waals surface area (Å²) in [5.74, 6) is 0.0684. The summed E-state index contributed by atoms with van der Waals surface area (Å²) in [7, 11) is -3.81. The van der Waals surface area contributed by atoms with Gasteiger partial charge in [0.2, 0.25) is 16.0 Å². The van der Waals surface area contributed by atoms with E-state index < -0.39 is 15.4 Å². The molecular formula is C22H22N4O4S2. The predicted octanol–water partition coefficient (Wildman–Crippen LogP) is 4.32. The van der Waals surface area contributed by atoms with Crippen molar-refractivity contribution >= 4 is 60.0 Å². The van der Waals surface area contributed by atoms with E-state index in [0.29, 0.717) is 11.6 Å². The number of anilines is 2. The number of esters is 1. The number of benzene rings is 2. The van der Waals surface area contributed by atoms with Crippen LogP contribution in [0.1, 0.15) is 25.6 Å². The molecule has 0 atom stereocenters. The van der Waals surface area contributed by atoms with Crippen LogP contribution < -0.4 is 10.5 Å². The van der Waals surface area contributed by atoms with Crippen molar-refractivity contribution in [3.8, 4) is 0 Å². The molecule has 10 heteroatoms. The van der Waals surface area contributed by atoms with Gasteiger partial charge < -0.3 is 10.1 Å². The molecule has 0 aliphatic carbocycles. The summed E-state index contributed by atoms with van der Waals surface area (Å²) in [6, 6.07) is 12.0. The minimum Gasteiger partial charge on any atom is -0.460 e. The van der Waals surface area contributed by atoms with Crippen LogP contribution in [-0.4, -0.2) is 24.4 Å². The lowest BCUT2D eigenvalue weighted by molar-refractivity contribution is -0.154. The Bertz CT molecular complexity index is 1440. The number of ether oxygens (including phenoxy) is 1. The van der Waals surface area contributed by atoms with Crippen molar-refractivity contribution in [3.05, 3.63) is 53.5 Å². The molecule has 2 aromatic carbocycles. The summed E-state index contributed by atoms with van der Waals surface area (Å²) >= 11 is 1.54. The summed E-state index contributed by atoms with van der Waals surface area (Å²) in [4.78, 5) is 22.0. The summed E-state index contributed by atoms with van der Waals surface area (Å²) in [5, 5.41) is 10.0. The van der Waals surface area contributed by atoms with E-state index in [0.717, 1.165) is 25.9 Å². The lowest BCUT2D eigenvalue weighted by atomic mass is 9.97. The van der Waals surface area contributed by atoms with Crippen molar-refractivity contribution in [3.63, 3.8) is 0 Å². The maximum Gasteiger partial charge on any atom is 0.311 e. The predicted molar refractivity (Wildman–Crippen MR) is 125 cm³/mol. The standard InChI is InChI=1S/C22H22N4O4S2/c1-22(2,3)20(27)30-12-15-10-17-18(31-15)8-7-13-11-24-21(26-19(13)17)25-14-5-4-6-16(9-14)32(23,28)29/h4-11H,12H2,1-3H3,(H2,23,28,29)(H,24,25,26). The van der Waals surface area contributed by atoms with E-state index in [1.807, 2.05) is 39.0 Å². The number of carbonyl (C=O) groups excluding carboxylic acids is 1. The number of nitrogens with zero attached hydrogens (tertiary/aromatic N) is 2. The van der Waals surface area contributed by atoms with E-state index in [4.69, 9.17) is 9.88 Å². The Hall–Kier alpha value is -3.08. The van der Waals surface area contributed by atoms with E-state index in [1.54, 1.807) is 29.7 Å². The smallest absolute Gasteiger partial charge is 0.311 e. The van der Waals surface area contributed by atoms with Gasteiger partial charge in [0.25, 0.3) is 0 Å². The first kappa shape index (κ1) is 22.1. The highest BCUT2D eigenvalue weighted by molar-refractivity contribution is 7.89. The van der Waals surface area contributed by atoms with E-state index in [-0.39, 0.29) is 17.5 Å². The second-order valence-corrected chi connectivity index (χ2v) is 11.1. The number of thiophene rings is 1. The fourth-order valence-electron chi connectivity index (χ4n) is 3.03. The average molecular weight is 471 g/mol. The molecule has 0 amide bonds. The zero-order valence-electron chi connectivity index (χ0n) is 17.7. The van der Waals surface area contributed by atoms with Crippen molar-refractivity contribution < 1.29 is 17.9 Å². The van der Waals surface area contributed by atoms with Gasteiger partial charge in [-0.3, -0.25) is 4.79 Å². The molecule has 0 bridgehead atoms. The Kier molecular flexibility index (Phi) is 5.61. The Morgan fingerprint density at radius 2 is 1.97 bits per heavy atom. The monoisotopic (exact) mass is 470 g/mol. The van der Waals surface area contributed by atoms with E-state index in [2.05, 4.69) is 15.3 Å². The van der Waals surface area contributed by atoms with Gasteiger partial charge in [-0.2, -0.15) is 0 Å². The fraction of sp³-hybridized carbons (Fsp3) is 0.227. The Balaban J connectivity index is 1.65. The van der Waals surface area contributed by atoms with Crippen LogP contribution in [0.4, 0.5) is 11.6 Å². The Morgan fingerprint density at radius 1 is 1.19 bits per heavy atom. The van der Waals surface area contributed by atoms with Crippen LogP contribution in [-0.2, 0) is 26.2 Å². The maximum atomic E-state index is 12.1. The summed E-state index contributed by atoms with van der Waals surface area (Å²) in [6.45, 7) is 5.65. The van der Waals surface area contributed by atoms with Gasteiger partial charge in [0.1, 0.15) is 6.61 Å². The third-order valence-electron chi connectivity index (χ3n) is 4.67.